The van der Waals surface area contributed by atoms with E-state index in [1.807, 2.05) is 0 Å². The van der Waals surface area contributed by atoms with Crippen LogP contribution in [0.5, 0.6) is 0 Å². The fourth-order valence-corrected chi connectivity index (χ4v) is 8.25. The summed E-state index contributed by atoms with van der Waals surface area (Å²) < 4.78 is 5.95. The fourth-order valence-electron chi connectivity index (χ4n) is 8.25. The third kappa shape index (κ3) is 1.46. The molecule has 9 atom stereocenters. The minimum atomic E-state index is -1.92. The number of hydrogen-bond donors (Lipinski definition) is 4. The molecule has 0 aromatic carbocycles. The van der Waals surface area contributed by atoms with Crippen LogP contribution in [0.25, 0.3) is 0 Å². The molecule has 6 rings (SSSR count). The van der Waals surface area contributed by atoms with E-state index in [1.165, 1.54) is 0 Å². The summed E-state index contributed by atoms with van der Waals surface area (Å²) in [6, 6.07) is 0. The topological polar surface area (TPSA) is 90.2 Å². The minimum Gasteiger partial charge on any atom is -0.392 e. The van der Waals surface area contributed by atoms with Gasteiger partial charge in [0.25, 0.3) is 0 Å². The summed E-state index contributed by atoms with van der Waals surface area (Å²) in [5.74, 6) is -2.30. The highest BCUT2D eigenvalue weighted by Gasteiger charge is 2.85. The first-order valence-corrected chi connectivity index (χ1v) is 9.74. The first-order valence-electron chi connectivity index (χ1n) is 9.74. The zero-order valence-electron chi connectivity index (χ0n) is 15.1. The van der Waals surface area contributed by atoms with E-state index in [9.17, 15) is 20.4 Å². The third-order valence-electron chi connectivity index (χ3n) is 9.01. The molecule has 4 aliphatic carbocycles. The van der Waals surface area contributed by atoms with Crippen LogP contribution in [0.3, 0.4) is 0 Å². The SMILES string of the molecule is C=C1C2CCC3C45CCCC(C)(C)C4C(O)C(O)(OC5)C3(C1O)C2O. The van der Waals surface area contributed by atoms with E-state index in [1.54, 1.807) is 0 Å². The molecule has 0 amide bonds. The van der Waals surface area contributed by atoms with Crippen LogP contribution in [-0.2, 0) is 4.74 Å². The molecule has 6 fully saturated rings. The van der Waals surface area contributed by atoms with Crippen LogP contribution in [0.4, 0.5) is 0 Å². The Kier molecular flexibility index (Phi) is 3.01. The number of ether oxygens (including phenoxy) is 1. The molecule has 4 bridgehead atoms. The Labute approximate surface area is 148 Å². The van der Waals surface area contributed by atoms with Crippen molar-refractivity contribution in [3.05, 3.63) is 12.2 Å². The van der Waals surface area contributed by atoms with Crippen molar-refractivity contribution in [2.24, 2.45) is 34.0 Å². The van der Waals surface area contributed by atoms with Crippen LogP contribution in [0.1, 0.15) is 46.0 Å². The van der Waals surface area contributed by atoms with Crippen molar-refractivity contribution in [3.63, 3.8) is 0 Å². The molecule has 2 spiro atoms. The molecule has 140 valence electrons. The van der Waals surface area contributed by atoms with E-state index in [0.717, 1.165) is 32.1 Å². The van der Waals surface area contributed by atoms with Crippen molar-refractivity contribution in [3.8, 4) is 0 Å². The van der Waals surface area contributed by atoms with Crippen LogP contribution in [0.2, 0.25) is 0 Å². The predicted molar refractivity (Wildman–Crippen MR) is 90.3 cm³/mol. The second-order valence-electron chi connectivity index (χ2n) is 10.1. The van der Waals surface area contributed by atoms with Gasteiger partial charge in [0.2, 0.25) is 5.79 Å². The molecule has 9 unspecified atom stereocenters. The van der Waals surface area contributed by atoms with Gasteiger partial charge in [-0.1, -0.05) is 26.8 Å². The molecule has 0 aromatic rings. The maximum atomic E-state index is 11.7. The molecule has 0 radical (unpaired) electrons. The molecular formula is C20H30O5. The second-order valence-corrected chi connectivity index (χ2v) is 10.1. The van der Waals surface area contributed by atoms with Crippen molar-refractivity contribution in [1.29, 1.82) is 0 Å². The van der Waals surface area contributed by atoms with Gasteiger partial charge in [-0.15, -0.1) is 0 Å². The molecule has 25 heavy (non-hydrogen) atoms. The number of hydrogen-bond acceptors (Lipinski definition) is 5. The Balaban J connectivity index is 1.78. The Morgan fingerprint density at radius 3 is 2.52 bits per heavy atom. The van der Waals surface area contributed by atoms with Gasteiger partial charge < -0.3 is 25.2 Å². The maximum absolute atomic E-state index is 11.7. The summed E-state index contributed by atoms with van der Waals surface area (Å²) in [5.41, 5.74) is -1.08. The van der Waals surface area contributed by atoms with E-state index in [-0.39, 0.29) is 28.6 Å². The summed E-state index contributed by atoms with van der Waals surface area (Å²) in [5, 5.41) is 45.3. The number of fused-ring (bicyclic) bond motifs is 2. The van der Waals surface area contributed by atoms with Crippen molar-refractivity contribution in [2.75, 3.05) is 6.61 Å². The van der Waals surface area contributed by atoms with E-state index < -0.39 is 29.5 Å². The van der Waals surface area contributed by atoms with Gasteiger partial charge in [-0.25, -0.2) is 0 Å². The molecule has 5 nitrogen and oxygen atoms in total. The normalized spacial score (nSPS) is 61.8. The highest BCUT2D eigenvalue weighted by Crippen LogP contribution is 2.77. The van der Waals surface area contributed by atoms with Crippen molar-refractivity contribution >= 4 is 0 Å². The number of aliphatic hydroxyl groups excluding tert-OH is 3. The first kappa shape index (κ1) is 16.7. The second kappa shape index (κ2) is 4.50. The van der Waals surface area contributed by atoms with Gasteiger partial charge in [-0.2, -0.15) is 0 Å². The number of rotatable bonds is 0. The van der Waals surface area contributed by atoms with E-state index in [0.29, 0.717) is 12.2 Å². The van der Waals surface area contributed by atoms with Crippen LogP contribution < -0.4 is 0 Å². The van der Waals surface area contributed by atoms with E-state index in [2.05, 4.69) is 20.4 Å². The van der Waals surface area contributed by atoms with Gasteiger partial charge in [0.1, 0.15) is 6.10 Å². The molecule has 2 aliphatic heterocycles. The van der Waals surface area contributed by atoms with Gasteiger partial charge in [0, 0.05) is 17.3 Å². The van der Waals surface area contributed by atoms with Crippen molar-refractivity contribution in [2.45, 2.75) is 70.1 Å². The highest BCUT2D eigenvalue weighted by molar-refractivity contribution is 5.37. The largest absolute Gasteiger partial charge is 0.392 e. The van der Waals surface area contributed by atoms with Gasteiger partial charge in [0.05, 0.1) is 24.2 Å². The lowest BCUT2D eigenvalue weighted by atomic mass is 9.36. The van der Waals surface area contributed by atoms with Crippen LogP contribution >= 0.6 is 0 Å². The van der Waals surface area contributed by atoms with Crippen LogP contribution in [0.15, 0.2) is 12.2 Å². The minimum absolute atomic E-state index is 0.0628. The Morgan fingerprint density at radius 2 is 1.80 bits per heavy atom. The molecule has 0 aromatic heterocycles. The highest BCUT2D eigenvalue weighted by atomic mass is 16.6. The smallest absolute Gasteiger partial charge is 0.203 e. The summed E-state index contributed by atoms with van der Waals surface area (Å²) in [6.07, 6.45) is 1.51. The Bertz CT molecular complexity index is 646. The summed E-state index contributed by atoms with van der Waals surface area (Å²) in [4.78, 5) is 0. The third-order valence-corrected chi connectivity index (χ3v) is 9.01. The summed E-state index contributed by atoms with van der Waals surface area (Å²) in [6.45, 7) is 8.77. The summed E-state index contributed by atoms with van der Waals surface area (Å²) >= 11 is 0. The van der Waals surface area contributed by atoms with E-state index >= 15 is 0 Å². The molecular weight excluding hydrogens is 320 g/mol. The molecule has 4 N–H and O–H groups in total. The quantitative estimate of drug-likeness (QED) is 0.493. The lowest BCUT2D eigenvalue weighted by Crippen LogP contribution is -2.84. The van der Waals surface area contributed by atoms with Crippen molar-refractivity contribution in [1.82, 2.24) is 0 Å². The zero-order chi connectivity index (χ0) is 18.0. The number of aliphatic hydroxyl groups is 4. The summed E-state index contributed by atoms with van der Waals surface area (Å²) in [7, 11) is 0. The standard InChI is InChI=1S/C20H30O5/c1-10-11-5-6-12-18-8-4-7-17(2,3)13(18)16(23)20(24,25-9-18)19(12,14(10)21)15(11)22/h11-16,21-24H,1,4-9H2,2-3H3. The van der Waals surface area contributed by atoms with Gasteiger partial charge in [-0.3, -0.25) is 0 Å². The zero-order valence-corrected chi connectivity index (χ0v) is 15.1. The van der Waals surface area contributed by atoms with E-state index in [4.69, 9.17) is 4.74 Å². The molecule has 2 saturated heterocycles. The first-order chi connectivity index (χ1) is 11.6. The molecule has 5 heteroatoms. The lowest BCUT2D eigenvalue weighted by molar-refractivity contribution is -0.468. The fraction of sp³-hybridized carbons (Fsp3) is 0.900. The average Bonchev–Trinajstić information content (AvgIpc) is 2.66. The molecule has 2 heterocycles. The predicted octanol–water partition coefficient (Wildman–Crippen LogP) is 1.20. The monoisotopic (exact) mass is 350 g/mol. The van der Waals surface area contributed by atoms with Crippen LogP contribution in [0, 0.1) is 34.0 Å². The van der Waals surface area contributed by atoms with Crippen molar-refractivity contribution < 1.29 is 25.2 Å². The van der Waals surface area contributed by atoms with Gasteiger partial charge in [-0.05, 0) is 42.6 Å². The molecule has 6 aliphatic rings. The Hall–Kier alpha value is -0.460. The average molecular weight is 350 g/mol. The lowest BCUT2D eigenvalue weighted by Gasteiger charge is -2.75. The van der Waals surface area contributed by atoms with Gasteiger partial charge in [0.15, 0.2) is 0 Å². The van der Waals surface area contributed by atoms with Crippen LogP contribution in [-0.4, -0.2) is 51.1 Å². The Morgan fingerprint density at radius 1 is 1.08 bits per heavy atom. The molecule has 4 saturated carbocycles. The maximum Gasteiger partial charge on any atom is 0.203 e. The van der Waals surface area contributed by atoms with Gasteiger partial charge >= 0.3 is 0 Å².